The summed E-state index contributed by atoms with van der Waals surface area (Å²) in [6.07, 6.45) is 5.54. The second-order valence-corrected chi connectivity index (χ2v) is 8.56. The molecule has 0 aliphatic heterocycles. The minimum atomic E-state index is -1.56. The molecule has 0 unspecified atom stereocenters. The first-order valence-electron chi connectivity index (χ1n) is 10.7. The molecule has 1 amide bonds. The lowest BCUT2D eigenvalue weighted by Crippen LogP contribution is -2.44. The number of carboxylic acid groups (broad SMARTS) is 1. The molecule has 34 heavy (non-hydrogen) atoms. The number of benzene rings is 2. The van der Waals surface area contributed by atoms with E-state index in [0.29, 0.717) is 30.1 Å². The molecule has 2 aromatic carbocycles. The van der Waals surface area contributed by atoms with E-state index in [-0.39, 0.29) is 6.42 Å². The van der Waals surface area contributed by atoms with E-state index in [1.165, 1.54) is 11.8 Å². The first kappa shape index (κ1) is 25.1. The van der Waals surface area contributed by atoms with Crippen molar-refractivity contribution >= 4 is 29.4 Å². The molecule has 1 aromatic heterocycles. The lowest BCUT2D eigenvalue weighted by atomic mass is 9.96. The summed E-state index contributed by atoms with van der Waals surface area (Å²) in [6, 6.07) is 17.4. The van der Waals surface area contributed by atoms with Gasteiger partial charge in [-0.05, 0) is 58.9 Å². The standard InChI is InChI=1S/C26H26N2O5S/c1-34-13-11-23(24(29)26(31)32)28-25(30)21-10-9-18(14-22(21)20-7-3-2-4-8-20)16-33-17-19-6-5-12-27-15-19/h2-10,12,14-15,23H,11,13,16-17H2,1H3,(H,28,30)(H,31,32)/t23-/m0/s1. The van der Waals surface area contributed by atoms with Crippen molar-refractivity contribution in [1.82, 2.24) is 10.3 Å². The number of nitrogens with zero attached hydrogens (tertiary/aromatic N) is 1. The largest absolute Gasteiger partial charge is 0.475 e. The van der Waals surface area contributed by atoms with Gasteiger partial charge in [0.25, 0.3) is 11.7 Å². The normalized spacial score (nSPS) is 11.6. The predicted molar refractivity (Wildman–Crippen MR) is 132 cm³/mol. The third kappa shape index (κ3) is 7.00. The Labute approximate surface area is 202 Å². The second kappa shape index (κ2) is 12.7. The molecule has 0 aliphatic carbocycles. The van der Waals surface area contributed by atoms with Crippen LogP contribution in [0.2, 0.25) is 0 Å². The number of ether oxygens (including phenoxy) is 1. The lowest BCUT2D eigenvalue weighted by Gasteiger charge is -2.18. The van der Waals surface area contributed by atoms with Gasteiger partial charge in [0.05, 0.1) is 13.2 Å². The zero-order valence-electron chi connectivity index (χ0n) is 18.8. The van der Waals surface area contributed by atoms with Crippen LogP contribution in [-0.2, 0) is 27.5 Å². The Morgan fingerprint density at radius 1 is 1.03 bits per heavy atom. The molecule has 0 radical (unpaired) electrons. The monoisotopic (exact) mass is 478 g/mol. The van der Waals surface area contributed by atoms with Gasteiger partial charge in [0.1, 0.15) is 6.04 Å². The van der Waals surface area contributed by atoms with Gasteiger partial charge in [-0.2, -0.15) is 11.8 Å². The number of rotatable bonds is 12. The predicted octanol–water partition coefficient (Wildman–Crippen LogP) is 3.97. The molecule has 3 aromatic rings. The number of carbonyl (C=O) groups excluding carboxylic acids is 2. The number of thioether (sulfide) groups is 1. The van der Waals surface area contributed by atoms with E-state index in [4.69, 9.17) is 9.84 Å². The summed E-state index contributed by atoms with van der Waals surface area (Å²) in [5, 5.41) is 11.8. The summed E-state index contributed by atoms with van der Waals surface area (Å²) >= 11 is 1.48. The minimum Gasteiger partial charge on any atom is -0.475 e. The van der Waals surface area contributed by atoms with Crippen LogP contribution >= 0.6 is 11.8 Å². The van der Waals surface area contributed by atoms with Crippen molar-refractivity contribution in [2.45, 2.75) is 25.7 Å². The van der Waals surface area contributed by atoms with E-state index < -0.39 is 23.7 Å². The fourth-order valence-electron chi connectivity index (χ4n) is 3.40. The third-order valence-corrected chi connectivity index (χ3v) is 5.76. The third-order valence-electron chi connectivity index (χ3n) is 5.12. The number of aromatic nitrogens is 1. The van der Waals surface area contributed by atoms with Gasteiger partial charge < -0.3 is 15.2 Å². The molecule has 8 heteroatoms. The average Bonchev–Trinajstić information content (AvgIpc) is 2.87. The molecule has 1 heterocycles. The van der Waals surface area contributed by atoms with Crippen molar-refractivity contribution < 1.29 is 24.2 Å². The van der Waals surface area contributed by atoms with Crippen molar-refractivity contribution in [1.29, 1.82) is 0 Å². The van der Waals surface area contributed by atoms with Crippen LogP contribution in [0.15, 0.2) is 73.1 Å². The summed E-state index contributed by atoms with van der Waals surface area (Å²) < 4.78 is 5.81. The van der Waals surface area contributed by atoms with Gasteiger partial charge in [-0.25, -0.2) is 4.79 Å². The average molecular weight is 479 g/mol. The van der Waals surface area contributed by atoms with E-state index >= 15 is 0 Å². The molecular weight excluding hydrogens is 452 g/mol. The summed E-state index contributed by atoms with van der Waals surface area (Å²) in [6.45, 7) is 0.746. The molecule has 0 fully saturated rings. The Bertz CT molecular complexity index is 1120. The van der Waals surface area contributed by atoms with Crippen molar-refractivity contribution in [2.24, 2.45) is 0 Å². The summed E-state index contributed by atoms with van der Waals surface area (Å²) in [7, 11) is 0. The van der Waals surface area contributed by atoms with Crippen LogP contribution in [-0.4, -0.2) is 45.8 Å². The van der Waals surface area contributed by atoms with Gasteiger partial charge >= 0.3 is 5.97 Å². The maximum absolute atomic E-state index is 13.1. The number of hydrogen-bond acceptors (Lipinski definition) is 6. The van der Waals surface area contributed by atoms with Crippen LogP contribution in [0.3, 0.4) is 0 Å². The van der Waals surface area contributed by atoms with Crippen molar-refractivity contribution in [3.05, 3.63) is 89.7 Å². The molecule has 3 rings (SSSR count). The van der Waals surface area contributed by atoms with Crippen LogP contribution < -0.4 is 5.32 Å². The first-order chi connectivity index (χ1) is 16.5. The molecule has 0 aliphatic rings. The maximum atomic E-state index is 13.1. The number of Topliss-reactive ketones (excluding diaryl/α,β-unsaturated/α-hetero) is 1. The quantitative estimate of drug-likeness (QED) is 0.380. The molecule has 0 spiro atoms. The van der Waals surface area contributed by atoms with Crippen molar-refractivity contribution in [2.75, 3.05) is 12.0 Å². The van der Waals surface area contributed by atoms with E-state index in [2.05, 4.69) is 10.3 Å². The SMILES string of the molecule is CSCC[C@H](NC(=O)c1ccc(COCc2cccnc2)cc1-c1ccccc1)C(=O)C(=O)O. The highest BCUT2D eigenvalue weighted by atomic mass is 32.2. The summed E-state index contributed by atoms with van der Waals surface area (Å²) in [4.78, 5) is 40.6. The fourth-order valence-corrected chi connectivity index (χ4v) is 3.87. The molecule has 176 valence electrons. The van der Waals surface area contributed by atoms with Crippen molar-refractivity contribution in [3.63, 3.8) is 0 Å². The highest BCUT2D eigenvalue weighted by molar-refractivity contribution is 7.98. The van der Waals surface area contributed by atoms with E-state index in [0.717, 1.165) is 16.7 Å². The summed E-state index contributed by atoms with van der Waals surface area (Å²) in [5.41, 5.74) is 3.69. The Morgan fingerprint density at radius 2 is 1.79 bits per heavy atom. The van der Waals surface area contributed by atoms with Crippen molar-refractivity contribution in [3.8, 4) is 11.1 Å². The van der Waals surface area contributed by atoms with Gasteiger partial charge in [0.15, 0.2) is 0 Å². The van der Waals surface area contributed by atoms with E-state index in [1.54, 1.807) is 24.5 Å². The molecule has 0 bridgehead atoms. The Balaban J connectivity index is 1.83. The van der Waals surface area contributed by atoms with Crippen LogP contribution in [0.1, 0.15) is 27.9 Å². The molecule has 0 saturated heterocycles. The topological polar surface area (TPSA) is 106 Å². The van der Waals surface area contributed by atoms with Crippen LogP contribution in [0, 0.1) is 0 Å². The van der Waals surface area contributed by atoms with Crippen LogP contribution in [0.4, 0.5) is 0 Å². The highest BCUT2D eigenvalue weighted by Crippen LogP contribution is 2.26. The fraction of sp³-hybridized carbons (Fsp3) is 0.231. The zero-order valence-corrected chi connectivity index (χ0v) is 19.6. The molecular formula is C26H26N2O5S. The minimum absolute atomic E-state index is 0.235. The summed E-state index contributed by atoms with van der Waals surface area (Å²) in [5.74, 6) is -2.54. The molecule has 7 nitrogen and oxygen atoms in total. The highest BCUT2D eigenvalue weighted by Gasteiger charge is 2.27. The molecule has 1 atom stereocenters. The first-order valence-corrected chi connectivity index (χ1v) is 12.1. The van der Waals surface area contributed by atoms with E-state index in [1.807, 2.05) is 54.8 Å². The Morgan fingerprint density at radius 3 is 2.47 bits per heavy atom. The second-order valence-electron chi connectivity index (χ2n) is 7.58. The number of pyridine rings is 1. The number of aliphatic carboxylic acids is 1. The number of carbonyl (C=O) groups is 3. The lowest BCUT2D eigenvalue weighted by molar-refractivity contribution is -0.150. The number of ketones is 1. The number of nitrogens with one attached hydrogen (secondary N) is 1. The Kier molecular flexibility index (Phi) is 9.37. The Hall–Kier alpha value is -3.49. The molecule has 2 N–H and O–H groups in total. The van der Waals surface area contributed by atoms with Crippen LogP contribution in [0.5, 0.6) is 0 Å². The van der Waals surface area contributed by atoms with Gasteiger partial charge in [-0.3, -0.25) is 14.6 Å². The number of hydrogen-bond donors (Lipinski definition) is 2. The van der Waals surface area contributed by atoms with Gasteiger partial charge in [0.2, 0.25) is 0 Å². The van der Waals surface area contributed by atoms with Gasteiger partial charge in [-0.1, -0.05) is 42.5 Å². The zero-order chi connectivity index (χ0) is 24.3. The maximum Gasteiger partial charge on any atom is 0.374 e. The molecule has 0 saturated carbocycles. The number of amides is 1. The van der Waals surface area contributed by atoms with Gasteiger partial charge in [-0.15, -0.1) is 0 Å². The number of carboxylic acids is 1. The van der Waals surface area contributed by atoms with Crippen LogP contribution in [0.25, 0.3) is 11.1 Å². The smallest absolute Gasteiger partial charge is 0.374 e. The van der Waals surface area contributed by atoms with E-state index in [9.17, 15) is 14.4 Å². The van der Waals surface area contributed by atoms with Gasteiger partial charge in [0, 0.05) is 18.0 Å².